The van der Waals surface area contributed by atoms with Gasteiger partial charge in [-0.05, 0) is 17.2 Å². The molecule has 2 aliphatic heterocycles. The predicted octanol–water partition coefficient (Wildman–Crippen LogP) is 1.95. The van der Waals surface area contributed by atoms with Crippen LogP contribution in [0.3, 0.4) is 0 Å². The second-order valence-electron chi connectivity index (χ2n) is 5.93. The van der Waals surface area contributed by atoms with Crippen molar-refractivity contribution in [2.75, 3.05) is 31.2 Å². The average molecular weight is 333 g/mol. The number of nitrogens with zero attached hydrogens (tertiary/aromatic N) is 2. The van der Waals surface area contributed by atoms with Crippen molar-refractivity contribution in [2.45, 2.75) is 0 Å². The van der Waals surface area contributed by atoms with E-state index in [2.05, 4.69) is 11.4 Å². The van der Waals surface area contributed by atoms with Crippen molar-refractivity contribution < 1.29 is 14.3 Å². The van der Waals surface area contributed by atoms with E-state index >= 15 is 0 Å². The molecule has 0 atom stereocenters. The molecule has 25 heavy (non-hydrogen) atoms. The summed E-state index contributed by atoms with van der Waals surface area (Å²) in [6.07, 6.45) is 0. The minimum atomic E-state index is -0.448. The van der Waals surface area contributed by atoms with Crippen LogP contribution >= 0.6 is 0 Å². The summed E-state index contributed by atoms with van der Waals surface area (Å²) < 4.78 is 5.36. The minimum absolute atomic E-state index is 0.296. The van der Waals surface area contributed by atoms with Gasteiger partial charge in [-0.1, -0.05) is 30.3 Å². The van der Waals surface area contributed by atoms with Gasteiger partial charge in [0.25, 0.3) is 11.8 Å². The van der Waals surface area contributed by atoms with E-state index in [1.807, 2.05) is 35.2 Å². The fourth-order valence-electron chi connectivity index (χ4n) is 3.40. The van der Waals surface area contributed by atoms with Crippen LogP contribution in [0.1, 0.15) is 26.3 Å². The van der Waals surface area contributed by atoms with E-state index in [0.717, 1.165) is 5.56 Å². The summed E-state index contributed by atoms with van der Waals surface area (Å²) in [6.45, 7) is 2.20. The van der Waals surface area contributed by atoms with Gasteiger partial charge in [0.15, 0.2) is 0 Å². The molecule has 4 rings (SSSR count). The Morgan fingerprint density at radius 1 is 1.04 bits per heavy atom. The van der Waals surface area contributed by atoms with Crippen molar-refractivity contribution in [1.82, 2.24) is 5.32 Å². The molecule has 2 aromatic rings. The number of nitrogens with one attached hydrogen (secondary N) is 1. The molecule has 0 aliphatic carbocycles. The molecule has 0 aromatic heterocycles. The number of ether oxygens (including phenoxy) is 1. The van der Waals surface area contributed by atoms with Crippen LogP contribution in [0.25, 0.3) is 11.1 Å². The summed E-state index contributed by atoms with van der Waals surface area (Å²) >= 11 is 0. The Morgan fingerprint density at radius 2 is 1.72 bits per heavy atom. The number of morpholine rings is 1. The molecule has 0 radical (unpaired) electrons. The first-order chi connectivity index (χ1) is 12.2. The van der Waals surface area contributed by atoms with Crippen molar-refractivity contribution >= 4 is 17.5 Å². The highest BCUT2D eigenvalue weighted by Crippen LogP contribution is 2.38. The standard InChI is InChI=1S/C19H15N3O3/c20-11-13-10-14(12-4-2-1-3-5-12)15-16(19(24)21-18(15)23)17(13)22-6-8-25-9-7-22/h1-5,10H,6-9H2,(H,21,23,24). The predicted molar refractivity (Wildman–Crippen MR) is 91.4 cm³/mol. The quantitative estimate of drug-likeness (QED) is 0.850. The first-order valence-electron chi connectivity index (χ1n) is 8.05. The third-order valence-electron chi connectivity index (χ3n) is 4.51. The van der Waals surface area contributed by atoms with E-state index in [-0.39, 0.29) is 0 Å². The van der Waals surface area contributed by atoms with Crippen molar-refractivity contribution in [3.63, 3.8) is 0 Å². The number of imide groups is 1. The van der Waals surface area contributed by atoms with E-state index in [1.54, 1.807) is 6.07 Å². The number of rotatable bonds is 2. The zero-order valence-electron chi connectivity index (χ0n) is 13.4. The largest absolute Gasteiger partial charge is 0.378 e. The molecule has 0 spiro atoms. The number of fused-ring (bicyclic) bond motifs is 1. The molecule has 0 saturated carbocycles. The lowest BCUT2D eigenvalue weighted by atomic mass is 9.91. The van der Waals surface area contributed by atoms with E-state index in [4.69, 9.17) is 4.74 Å². The lowest BCUT2D eigenvalue weighted by Crippen LogP contribution is -2.37. The molecule has 1 saturated heterocycles. The third kappa shape index (κ3) is 2.46. The zero-order valence-corrected chi connectivity index (χ0v) is 13.4. The topological polar surface area (TPSA) is 82.4 Å². The first kappa shape index (κ1) is 15.4. The van der Waals surface area contributed by atoms with Gasteiger partial charge in [0.05, 0.1) is 35.6 Å². The maximum absolute atomic E-state index is 12.5. The summed E-state index contributed by atoms with van der Waals surface area (Å²) in [5.74, 6) is -0.867. The van der Waals surface area contributed by atoms with Gasteiger partial charge in [0.2, 0.25) is 0 Å². The lowest BCUT2D eigenvalue weighted by molar-refractivity contribution is 0.0879. The van der Waals surface area contributed by atoms with Gasteiger partial charge in [-0.2, -0.15) is 5.26 Å². The van der Waals surface area contributed by atoms with Crippen molar-refractivity contribution in [1.29, 1.82) is 5.26 Å². The Hall–Kier alpha value is -3.17. The number of anilines is 1. The van der Waals surface area contributed by atoms with Crippen LogP contribution in [0.2, 0.25) is 0 Å². The van der Waals surface area contributed by atoms with Crippen molar-refractivity contribution in [3.8, 4) is 17.2 Å². The Labute approximate surface area is 144 Å². The lowest BCUT2D eigenvalue weighted by Gasteiger charge is -2.31. The number of nitriles is 1. The fourth-order valence-corrected chi connectivity index (χ4v) is 3.40. The number of hydrogen-bond donors (Lipinski definition) is 1. The third-order valence-corrected chi connectivity index (χ3v) is 4.51. The Kier molecular flexibility index (Phi) is 3.71. The molecular weight excluding hydrogens is 318 g/mol. The molecule has 124 valence electrons. The molecule has 1 fully saturated rings. The summed E-state index contributed by atoms with van der Waals surface area (Å²) in [7, 11) is 0. The van der Waals surface area contributed by atoms with Gasteiger partial charge < -0.3 is 9.64 Å². The van der Waals surface area contributed by atoms with E-state index < -0.39 is 11.8 Å². The number of hydrogen-bond acceptors (Lipinski definition) is 5. The molecule has 2 amide bonds. The monoisotopic (exact) mass is 333 g/mol. The van der Waals surface area contributed by atoms with Gasteiger partial charge in [0.1, 0.15) is 6.07 Å². The highest BCUT2D eigenvalue weighted by molar-refractivity contribution is 6.27. The van der Waals surface area contributed by atoms with E-state index in [1.165, 1.54) is 0 Å². The minimum Gasteiger partial charge on any atom is -0.378 e. The van der Waals surface area contributed by atoms with Crippen LogP contribution in [-0.2, 0) is 4.74 Å². The summed E-state index contributed by atoms with van der Waals surface area (Å²) in [5.41, 5.74) is 2.97. The number of carbonyl (C=O) groups is 2. The maximum Gasteiger partial charge on any atom is 0.261 e. The molecule has 2 heterocycles. The van der Waals surface area contributed by atoms with Crippen molar-refractivity contribution in [3.05, 3.63) is 53.1 Å². The Bertz CT molecular complexity index is 910. The first-order valence-corrected chi connectivity index (χ1v) is 8.05. The van der Waals surface area contributed by atoms with Crippen LogP contribution < -0.4 is 10.2 Å². The van der Waals surface area contributed by atoms with Crippen molar-refractivity contribution in [2.24, 2.45) is 0 Å². The molecule has 0 bridgehead atoms. The second-order valence-corrected chi connectivity index (χ2v) is 5.93. The van der Waals surface area contributed by atoms with Crippen LogP contribution in [0.5, 0.6) is 0 Å². The zero-order chi connectivity index (χ0) is 17.4. The molecular formula is C19H15N3O3. The highest BCUT2D eigenvalue weighted by atomic mass is 16.5. The number of benzene rings is 2. The molecule has 2 aromatic carbocycles. The highest BCUT2D eigenvalue weighted by Gasteiger charge is 2.36. The normalized spacial score (nSPS) is 16.4. The van der Waals surface area contributed by atoms with E-state index in [9.17, 15) is 14.9 Å². The molecule has 6 nitrogen and oxygen atoms in total. The molecule has 6 heteroatoms. The Balaban J connectivity index is 2.00. The molecule has 1 N–H and O–H groups in total. The fraction of sp³-hybridized carbons (Fsp3) is 0.211. The van der Waals surface area contributed by atoms with Gasteiger partial charge >= 0.3 is 0 Å². The second kappa shape index (κ2) is 6.04. The van der Waals surface area contributed by atoms with Gasteiger partial charge in [-0.25, -0.2) is 0 Å². The average Bonchev–Trinajstić information content (AvgIpc) is 2.96. The van der Waals surface area contributed by atoms with Crippen LogP contribution in [0.15, 0.2) is 36.4 Å². The van der Waals surface area contributed by atoms with Gasteiger partial charge in [-0.15, -0.1) is 0 Å². The van der Waals surface area contributed by atoms with Crippen LogP contribution in [0, 0.1) is 11.3 Å². The molecule has 0 unspecified atom stereocenters. The van der Waals surface area contributed by atoms with Gasteiger partial charge in [-0.3, -0.25) is 14.9 Å². The Morgan fingerprint density at radius 3 is 2.40 bits per heavy atom. The van der Waals surface area contributed by atoms with Gasteiger partial charge in [0, 0.05) is 13.1 Å². The number of amides is 2. The smallest absolute Gasteiger partial charge is 0.261 e. The maximum atomic E-state index is 12.5. The van der Waals surface area contributed by atoms with E-state index in [0.29, 0.717) is 54.2 Å². The summed E-state index contributed by atoms with van der Waals surface area (Å²) in [5, 5.41) is 12.1. The summed E-state index contributed by atoms with van der Waals surface area (Å²) in [4.78, 5) is 26.9. The SMILES string of the molecule is N#Cc1cc(-c2ccccc2)c2c(c1N1CCOCC1)C(=O)NC2=O. The number of carbonyl (C=O) groups excluding carboxylic acids is 2. The van der Waals surface area contributed by atoms with Crippen LogP contribution in [0.4, 0.5) is 5.69 Å². The summed E-state index contributed by atoms with van der Waals surface area (Å²) in [6, 6.07) is 13.2. The van der Waals surface area contributed by atoms with Crippen LogP contribution in [-0.4, -0.2) is 38.1 Å². The molecule has 2 aliphatic rings.